The second kappa shape index (κ2) is 9.25. The van der Waals surface area contributed by atoms with Gasteiger partial charge < -0.3 is 9.47 Å². The first-order valence-electron chi connectivity index (χ1n) is 9.56. The molecule has 160 valence electrons. The van der Waals surface area contributed by atoms with Crippen molar-refractivity contribution in [3.8, 4) is 11.5 Å². The third-order valence-electron chi connectivity index (χ3n) is 4.70. The maximum atomic E-state index is 12.4. The van der Waals surface area contributed by atoms with Crippen LogP contribution in [0.4, 0.5) is 5.69 Å². The molecule has 0 saturated heterocycles. The van der Waals surface area contributed by atoms with Crippen LogP contribution in [-0.2, 0) is 13.7 Å². The second-order valence-electron chi connectivity index (χ2n) is 7.12. The number of aromatic nitrogens is 2. The van der Waals surface area contributed by atoms with Gasteiger partial charge in [0.15, 0.2) is 0 Å². The number of aryl methyl sites for hydroxylation is 3. The fourth-order valence-electron chi connectivity index (χ4n) is 3.07. The molecule has 8 heteroatoms. The number of methoxy groups -OCH3 is 1. The largest absolute Gasteiger partial charge is 0.496 e. The number of ketones is 1. The molecule has 0 aliphatic heterocycles. The quantitative estimate of drug-likeness (QED) is 0.231. The zero-order chi connectivity index (χ0) is 22.5. The number of allylic oxidation sites excluding steroid dienone is 1. The van der Waals surface area contributed by atoms with E-state index in [9.17, 15) is 14.9 Å². The molecule has 0 aliphatic carbocycles. The van der Waals surface area contributed by atoms with Crippen molar-refractivity contribution in [1.29, 1.82) is 0 Å². The number of carbonyl (C=O) groups is 1. The molecule has 0 fully saturated rings. The molecule has 1 aromatic heterocycles. The van der Waals surface area contributed by atoms with Crippen molar-refractivity contribution in [2.75, 3.05) is 7.11 Å². The van der Waals surface area contributed by atoms with Gasteiger partial charge in [0.1, 0.15) is 24.3 Å². The van der Waals surface area contributed by atoms with Gasteiger partial charge in [0.25, 0.3) is 0 Å². The minimum atomic E-state index is -0.621. The van der Waals surface area contributed by atoms with Crippen molar-refractivity contribution in [3.63, 3.8) is 0 Å². The monoisotopic (exact) mass is 421 g/mol. The van der Waals surface area contributed by atoms with E-state index in [1.807, 2.05) is 38.1 Å². The Labute approximate surface area is 179 Å². The lowest BCUT2D eigenvalue weighted by Gasteiger charge is -2.13. The minimum Gasteiger partial charge on any atom is -0.496 e. The Morgan fingerprint density at radius 1 is 1.19 bits per heavy atom. The maximum Gasteiger partial charge on any atom is 0.318 e. The van der Waals surface area contributed by atoms with Crippen LogP contribution in [0.3, 0.4) is 0 Å². The zero-order valence-electron chi connectivity index (χ0n) is 17.8. The molecule has 3 aromatic rings. The molecule has 3 rings (SSSR count). The summed E-state index contributed by atoms with van der Waals surface area (Å²) in [5.74, 6) is 0.908. The minimum absolute atomic E-state index is 0.198. The van der Waals surface area contributed by atoms with Crippen LogP contribution in [0.1, 0.15) is 32.7 Å². The van der Waals surface area contributed by atoms with Gasteiger partial charge in [0.2, 0.25) is 11.5 Å². The summed E-state index contributed by atoms with van der Waals surface area (Å²) in [4.78, 5) is 22.9. The van der Waals surface area contributed by atoms with E-state index in [-0.39, 0.29) is 18.0 Å². The molecule has 0 atom stereocenters. The van der Waals surface area contributed by atoms with E-state index in [2.05, 4.69) is 5.10 Å². The molecule has 8 nitrogen and oxygen atoms in total. The fraction of sp³-hybridized carbons (Fsp3) is 0.217. The van der Waals surface area contributed by atoms with Gasteiger partial charge in [-0.25, -0.2) is 0 Å². The Hall–Kier alpha value is -3.94. The van der Waals surface area contributed by atoms with Crippen LogP contribution >= 0.6 is 0 Å². The summed E-state index contributed by atoms with van der Waals surface area (Å²) in [6.45, 7) is 4.27. The topological polar surface area (TPSA) is 96.5 Å². The molecule has 0 unspecified atom stereocenters. The number of nitro groups is 1. The molecule has 0 spiro atoms. The predicted octanol–water partition coefficient (Wildman–Crippen LogP) is 4.43. The Bertz CT molecular complexity index is 1160. The molecule has 0 N–H and O–H groups in total. The molecule has 2 aromatic carbocycles. The van der Waals surface area contributed by atoms with Crippen LogP contribution in [0.15, 0.2) is 48.7 Å². The Morgan fingerprint density at radius 3 is 2.68 bits per heavy atom. The molecule has 0 saturated carbocycles. The summed E-state index contributed by atoms with van der Waals surface area (Å²) >= 11 is 0. The summed E-state index contributed by atoms with van der Waals surface area (Å²) < 4.78 is 12.7. The van der Waals surface area contributed by atoms with Gasteiger partial charge in [0.05, 0.1) is 12.0 Å². The van der Waals surface area contributed by atoms with Crippen molar-refractivity contribution in [2.45, 2.75) is 20.5 Å². The van der Waals surface area contributed by atoms with Crippen molar-refractivity contribution in [3.05, 3.63) is 86.7 Å². The van der Waals surface area contributed by atoms with E-state index in [4.69, 9.17) is 9.47 Å². The van der Waals surface area contributed by atoms with E-state index in [1.54, 1.807) is 25.3 Å². The van der Waals surface area contributed by atoms with Crippen LogP contribution in [0, 0.1) is 24.0 Å². The van der Waals surface area contributed by atoms with Gasteiger partial charge in [-0.2, -0.15) is 5.10 Å². The number of carbonyl (C=O) groups excluding carboxylic acids is 1. The first kappa shape index (κ1) is 21.8. The van der Waals surface area contributed by atoms with Crippen molar-refractivity contribution in [1.82, 2.24) is 9.78 Å². The molecular formula is C23H23N3O5. The number of ether oxygens (including phenoxy) is 2. The first-order valence-corrected chi connectivity index (χ1v) is 9.56. The molecule has 31 heavy (non-hydrogen) atoms. The van der Waals surface area contributed by atoms with E-state index in [0.717, 1.165) is 28.0 Å². The zero-order valence-corrected chi connectivity index (χ0v) is 17.8. The number of hydrogen-bond donors (Lipinski definition) is 0. The van der Waals surface area contributed by atoms with E-state index in [1.165, 1.54) is 24.0 Å². The lowest BCUT2D eigenvalue weighted by atomic mass is 10.1. The highest BCUT2D eigenvalue weighted by atomic mass is 16.6. The SMILES string of the molecule is COc1ccc(/C=C/C(=O)c2nn(C)cc2[N+](=O)[O-])cc1COc1cc(C)ccc1C. The van der Waals surface area contributed by atoms with E-state index < -0.39 is 10.7 Å². The van der Waals surface area contributed by atoms with Gasteiger partial charge in [-0.1, -0.05) is 24.3 Å². The van der Waals surface area contributed by atoms with Crippen molar-refractivity contribution >= 4 is 17.5 Å². The highest BCUT2D eigenvalue weighted by Gasteiger charge is 2.23. The summed E-state index contributed by atoms with van der Waals surface area (Å²) in [6, 6.07) is 11.4. The summed E-state index contributed by atoms with van der Waals surface area (Å²) in [5, 5.41) is 15.0. The lowest BCUT2D eigenvalue weighted by Crippen LogP contribution is -2.02. The summed E-state index contributed by atoms with van der Waals surface area (Å²) in [7, 11) is 3.11. The van der Waals surface area contributed by atoms with Gasteiger partial charge in [0, 0.05) is 12.6 Å². The Morgan fingerprint density at radius 2 is 1.97 bits per heavy atom. The predicted molar refractivity (Wildman–Crippen MR) is 116 cm³/mol. The Kier molecular flexibility index (Phi) is 6.49. The second-order valence-corrected chi connectivity index (χ2v) is 7.12. The van der Waals surface area contributed by atoms with E-state index in [0.29, 0.717) is 5.75 Å². The molecular weight excluding hydrogens is 398 g/mol. The van der Waals surface area contributed by atoms with Crippen LogP contribution in [-0.4, -0.2) is 27.6 Å². The van der Waals surface area contributed by atoms with Gasteiger partial charge in [-0.3, -0.25) is 19.6 Å². The van der Waals surface area contributed by atoms with Crippen LogP contribution in [0.2, 0.25) is 0 Å². The Balaban J connectivity index is 1.81. The molecule has 1 heterocycles. The third-order valence-corrected chi connectivity index (χ3v) is 4.70. The summed E-state index contributed by atoms with van der Waals surface area (Å²) in [5.41, 5.74) is 3.15. The first-order chi connectivity index (χ1) is 14.8. The highest BCUT2D eigenvalue weighted by molar-refractivity contribution is 6.07. The normalized spacial score (nSPS) is 11.0. The molecule has 0 radical (unpaired) electrons. The van der Waals surface area contributed by atoms with Gasteiger partial charge in [-0.05, 0) is 54.8 Å². The highest BCUT2D eigenvalue weighted by Crippen LogP contribution is 2.25. The fourth-order valence-corrected chi connectivity index (χ4v) is 3.07. The van der Waals surface area contributed by atoms with Gasteiger partial charge in [-0.15, -0.1) is 0 Å². The summed E-state index contributed by atoms with van der Waals surface area (Å²) in [6.07, 6.45) is 4.06. The number of benzene rings is 2. The molecule has 0 amide bonds. The van der Waals surface area contributed by atoms with Crippen LogP contribution in [0.25, 0.3) is 6.08 Å². The lowest BCUT2D eigenvalue weighted by molar-refractivity contribution is -0.385. The maximum absolute atomic E-state index is 12.4. The van der Waals surface area contributed by atoms with Crippen molar-refractivity contribution in [2.24, 2.45) is 7.05 Å². The van der Waals surface area contributed by atoms with Crippen LogP contribution in [0.5, 0.6) is 11.5 Å². The van der Waals surface area contributed by atoms with E-state index >= 15 is 0 Å². The number of hydrogen-bond acceptors (Lipinski definition) is 6. The molecule has 0 aliphatic rings. The molecule has 0 bridgehead atoms. The smallest absolute Gasteiger partial charge is 0.318 e. The average molecular weight is 421 g/mol. The van der Waals surface area contributed by atoms with Crippen LogP contribution < -0.4 is 9.47 Å². The average Bonchev–Trinajstić information content (AvgIpc) is 3.15. The number of rotatable bonds is 8. The third kappa shape index (κ3) is 5.16. The standard InChI is InChI=1S/C23H23N3O5/c1-15-5-6-16(2)22(11-15)31-14-18-12-17(8-10-21(18)30-4)7-9-20(27)23-19(26(28)29)13-25(3)24-23/h5-13H,14H2,1-4H3/b9-7+. The van der Waals surface area contributed by atoms with Crippen molar-refractivity contribution < 1.29 is 19.2 Å². The number of nitrogens with zero attached hydrogens (tertiary/aromatic N) is 3. The van der Waals surface area contributed by atoms with Gasteiger partial charge >= 0.3 is 5.69 Å².